The van der Waals surface area contributed by atoms with E-state index in [9.17, 15) is 0 Å². The SMILES string of the molecule is Cc1cc(-c2nc(-c3ccc4c(c3)nnn4C(C)C)no2)cc(C)n1. The van der Waals surface area contributed by atoms with Crippen LogP contribution in [0.2, 0.25) is 0 Å². The molecule has 1 aromatic carbocycles. The molecule has 0 spiro atoms. The molecule has 4 aromatic rings. The minimum atomic E-state index is 0.255. The minimum Gasteiger partial charge on any atom is -0.334 e. The van der Waals surface area contributed by atoms with E-state index in [4.69, 9.17) is 4.52 Å². The molecule has 7 heteroatoms. The number of rotatable bonds is 3. The Labute approximate surface area is 144 Å². The number of aryl methyl sites for hydroxylation is 2. The number of aromatic nitrogens is 6. The monoisotopic (exact) mass is 334 g/mol. The van der Waals surface area contributed by atoms with E-state index < -0.39 is 0 Å². The highest BCUT2D eigenvalue weighted by molar-refractivity contribution is 5.80. The van der Waals surface area contributed by atoms with Crippen molar-refractivity contribution in [3.63, 3.8) is 0 Å². The second kappa shape index (κ2) is 5.77. The van der Waals surface area contributed by atoms with Crippen LogP contribution in [0.4, 0.5) is 0 Å². The van der Waals surface area contributed by atoms with Gasteiger partial charge in [-0.1, -0.05) is 10.4 Å². The molecule has 0 saturated carbocycles. The Morgan fingerprint density at radius 3 is 2.44 bits per heavy atom. The molecule has 3 aromatic heterocycles. The average Bonchev–Trinajstić information content (AvgIpc) is 3.20. The van der Waals surface area contributed by atoms with E-state index in [2.05, 4.69) is 39.3 Å². The van der Waals surface area contributed by atoms with Crippen LogP contribution in [0.1, 0.15) is 31.3 Å². The molecule has 4 rings (SSSR count). The van der Waals surface area contributed by atoms with E-state index in [0.717, 1.165) is 33.5 Å². The van der Waals surface area contributed by atoms with Crippen molar-refractivity contribution in [1.82, 2.24) is 30.1 Å². The highest BCUT2D eigenvalue weighted by atomic mass is 16.5. The van der Waals surface area contributed by atoms with E-state index in [1.54, 1.807) is 0 Å². The summed E-state index contributed by atoms with van der Waals surface area (Å²) >= 11 is 0. The maximum Gasteiger partial charge on any atom is 0.258 e. The van der Waals surface area contributed by atoms with Gasteiger partial charge in [-0.15, -0.1) is 5.10 Å². The predicted molar refractivity (Wildman–Crippen MR) is 93.9 cm³/mol. The minimum absolute atomic E-state index is 0.255. The van der Waals surface area contributed by atoms with E-state index in [1.807, 2.05) is 48.9 Å². The standard InChI is InChI=1S/C18H18N6O/c1-10(2)24-16-6-5-13(9-15(16)21-23-24)17-20-18(25-22-17)14-7-11(3)19-12(4)8-14/h5-10H,1-4H3. The van der Waals surface area contributed by atoms with Crippen molar-refractivity contribution < 1.29 is 4.52 Å². The Bertz CT molecular complexity index is 1040. The third-order valence-corrected chi connectivity index (χ3v) is 3.97. The third kappa shape index (κ3) is 2.77. The first kappa shape index (κ1) is 15.4. The molecule has 0 aliphatic carbocycles. The van der Waals surface area contributed by atoms with Gasteiger partial charge in [0.15, 0.2) is 0 Å². The number of hydrogen-bond donors (Lipinski definition) is 0. The molecule has 0 aliphatic rings. The van der Waals surface area contributed by atoms with Crippen LogP contribution in [-0.4, -0.2) is 30.1 Å². The van der Waals surface area contributed by atoms with E-state index in [0.29, 0.717) is 11.7 Å². The normalized spacial score (nSPS) is 11.6. The van der Waals surface area contributed by atoms with Gasteiger partial charge in [-0.05, 0) is 58.0 Å². The molecule has 0 amide bonds. The van der Waals surface area contributed by atoms with Crippen molar-refractivity contribution in [2.24, 2.45) is 0 Å². The molecule has 0 bridgehead atoms. The Balaban J connectivity index is 1.73. The van der Waals surface area contributed by atoms with Gasteiger partial charge in [0.1, 0.15) is 5.52 Å². The molecular weight excluding hydrogens is 316 g/mol. The van der Waals surface area contributed by atoms with Crippen LogP contribution in [0.15, 0.2) is 34.9 Å². The zero-order valence-corrected chi connectivity index (χ0v) is 14.6. The molecule has 0 aliphatic heterocycles. The Morgan fingerprint density at radius 2 is 1.72 bits per heavy atom. The van der Waals surface area contributed by atoms with Crippen molar-refractivity contribution in [1.29, 1.82) is 0 Å². The van der Waals surface area contributed by atoms with Crippen molar-refractivity contribution in [2.45, 2.75) is 33.7 Å². The fraction of sp³-hybridized carbons (Fsp3) is 0.278. The molecule has 0 radical (unpaired) electrons. The van der Waals surface area contributed by atoms with Gasteiger partial charge in [0.2, 0.25) is 5.82 Å². The lowest BCUT2D eigenvalue weighted by Crippen LogP contribution is -2.02. The molecule has 0 unspecified atom stereocenters. The maximum atomic E-state index is 5.44. The Kier molecular flexibility index (Phi) is 3.56. The summed E-state index contributed by atoms with van der Waals surface area (Å²) in [6, 6.07) is 10.00. The number of fused-ring (bicyclic) bond motifs is 1. The zero-order chi connectivity index (χ0) is 17.6. The lowest BCUT2D eigenvalue weighted by molar-refractivity contribution is 0.432. The van der Waals surface area contributed by atoms with Gasteiger partial charge in [-0.3, -0.25) is 4.98 Å². The van der Waals surface area contributed by atoms with Gasteiger partial charge in [0.05, 0.1) is 5.52 Å². The molecule has 25 heavy (non-hydrogen) atoms. The number of nitrogens with zero attached hydrogens (tertiary/aromatic N) is 6. The van der Waals surface area contributed by atoms with Crippen LogP contribution in [0.5, 0.6) is 0 Å². The zero-order valence-electron chi connectivity index (χ0n) is 14.6. The summed E-state index contributed by atoms with van der Waals surface area (Å²) in [6.07, 6.45) is 0. The first-order valence-corrected chi connectivity index (χ1v) is 8.16. The average molecular weight is 334 g/mol. The molecule has 0 fully saturated rings. The number of hydrogen-bond acceptors (Lipinski definition) is 6. The van der Waals surface area contributed by atoms with Crippen LogP contribution in [-0.2, 0) is 0 Å². The van der Waals surface area contributed by atoms with Crippen LogP contribution in [0.3, 0.4) is 0 Å². The highest BCUT2D eigenvalue weighted by Gasteiger charge is 2.14. The molecule has 0 N–H and O–H groups in total. The maximum absolute atomic E-state index is 5.44. The Morgan fingerprint density at radius 1 is 0.960 bits per heavy atom. The second-order valence-corrected chi connectivity index (χ2v) is 6.39. The molecule has 0 atom stereocenters. The second-order valence-electron chi connectivity index (χ2n) is 6.39. The predicted octanol–water partition coefficient (Wildman–Crippen LogP) is 3.74. The fourth-order valence-corrected chi connectivity index (χ4v) is 2.88. The summed E-state index contributed by atoms with van der Waals surface area (Å²) in [5, 5.41) is 12.5. The van der Waals surface area contributed by atoms with Gasteiger partial charge in [-0.25, -0.2) is 4.68 Å². The van der Waals surface area contributed by atoms with Gasteiger partial charge in [0, 0.05) is 28.6 Å². The first-order valence-electron chi connectivity index (χ1n) is 8.16. The topological polar surface area (TPSA) is 82.5 Å². The van der Waals surface area contributed by atoms with Crippen LogP contribution < -0.4 is 0 Å². The summed E-state index contributed by atoms with van der Waals surface area (Å²) in [7, 11) is 0. The Hall–Kier alpha value is -3.09. The quantitative estimate of drug-likeness (QED) is 0.567. The van der Waals surface area contributed by atoms with Crippen LogP contribution in [0.25, 0.3) is 33.9 Å². The van der Waals surface area contributed by atoms with E-state index in [1.165, 1.54) is 0 Å². The van der Waals surface area contributed by atoms with Crippen molar-refractivity contribution in [3.05, 3.63) is 41.7 Å². The molecular formula is C18H18N6O. The molecule has 0 saturated heterocycles. The van der Waals surface area contributed by atoms with E-state index >= 15 is 0 Å². The largest absolute Gasteiger partial charge is 0.334 e. The lowest BCUT2D eigenvalue weighted by atomic mass is 10.1. The summed E-state index contributed by atoms with van der Waals surface area (Å²) in [5.41, 5.74) is 5.36. The van der Waals surface area contributed by atoms with Gasteiger partial charge < -0.3 is 4.52 Å². The summed E-state index contributed by atoms with van der Waals surface area (Å²) in [6.45, 7) is 8.04. The van der Waals surface area contributed by atoms with Crippen molar-refractivity contribution in [2.75, 3.05) is 0 Å². The summed E-state index contributed by atoms with van der Waals surface area (Å²) < 4.78 is 7.33. The lowest BCUT2D eigenvalue weighted by Gasteiger charge is -2.04. The van der Waals surface area contributed by atoms with E-state index in [-0.39, 0.29) is 6.04 Å². The van der Waals surface area contributed by atoms with Gasteiger partial charge >= 0.3 is 0 Å². The molecule has 3 heterocycles. The molecule has 126 valence electrons. The fourth-order valence-electron chi connectivity index (χ4n) is 2.88. The highest BCUT2D eigenvalue weighted by Crippen LogP contribution is 2.26. The van der Waals surface area contributed by atoms with Gasteiger partial charge in [-0.2, -0.15) is 4.98 Å². The summed E-state index contributed by atoms with van der Waals surface area (Å²) in [5.74, 6) is 1.01. The summed E-state index contributed by atoms with van der Waals surface area (Å²) in [4.78, 5) is 8.89. The van der Waals surface area contributed by atoms with Crippen LogP contribution >= 0.6 is 0 Å². The van der Waals surface area contributed by atoms with Crippen molar-refractivity contribution in [3.8, 4) is 22.8 Å². The number of benzene rings is 1. The van der Waals surface area contributed by atoms with Gasteiger partial charge in [0.25, 0.3) is 5.89 Å². The first-order chi connectivity index (χ1) is 12.0. The third-order valence-electron chi connectivity index (χ3n) is 3.97. The van der Waals surface area contributed by atoms with Crippen LogP contribution in [0, 0.1) is 13.8 Å². The number of pyridine rings is 1. The molecule has 7 nitrogen and oxygen atoms in total. The smallest absolute Gasteiger partial charge is 0.258 e. The van der Waals surface area contributed by atoms with Crippen molar-refractivity contribution >= 4 is 11.0 Å².